The van der Waals surface area contributed by atoms with Gasteiger partial charge >= 0.3 is 0 Å². The van der Waals surface area contributed by atoms with Gasteiger partial charge < -0.3 is 9.47 Å². The number of nitrogens with one attached hydrogen (secondary N) is 1. The molecule has 0 amide bonds. The molecule has 2 aromatic rings. The molecular weight excluding hydrogens is 370 g/mol. The Morgan fingerprint density at radius 3 is 2.27 bits per heavy atom. The van der Waals surface area contributed by atoms with Gasteiger partial charge in [0.2, 0.25) is 10.0 Å². The largest absolute Gasteiger partial charge is 0.490 e. The molecule has 0 heterocycles. The van der Waals surface area contributed by atoms with Crippen LogP contribution in [0.4, 0.5) is 0 Å². The zero-order valence-electron chi connectivity index (χ0n) is 15.3. The van der Waals surface area contributed by atoms with E-state index in [0.717, 1.165) is 4.90 Å². The maximum Gasteiger partial charge on any atom is 0.240 e. The molecule has 0 bridgehead atoms. The molecule has 0 spiro atoms. The predicted molar refractivity (Wildman–Crippen MR) is 106 cm³/mol. The third kappa shape index (κ3) is 5.93. The second-order valence-corrected chi connectivity index (χ2v) is 8.47. The fourth-order valence-electron chi connectivity index (χ4n) is 2.26. The van der Waals surface area contributed by atoms with Gasteiger partial charge in [0.15, 0.2) is 11.5 Å². The lowest BCUT2D eigenvalue weighted by atomic mass is 10.2. The van der Waals surface area contributed by atoms with Crippen LogP contribution in [0.3, 0.4) is 0 Å². The van der Waals surface area contributed by atoms with E-state index in [1.807, 2.05) is 45.0 Å². The van der Waals surface area contributed by atoms with E-state index >= 15 is 0 Å². The van der Waals surface area contributed by atoms with E-state index in [2.05, 4.69) is 4.72 Å². The number of thioether (sulfide) groups is 1. The molecular formula is C19H25NO4S2. The second kappa shape index (κ2) is 9.85. The average Bonchev–Trinajstić information content (AvgIpc) is 2.62. The number of aryl methyl sites for hydroxylation is 1. The summed E-state index contributed by atoms with van der Waals surface area (Å²) in [7, 11) is -3.59. The van der Waals surface area contributed by atoms with Crippen LogP contribution >= 0.6 is 11.8 Å². The van der Waals surface area contributed by atoms with Crippen LogP contribution in [0.25, 0.3) is 0 Å². The highest BCUT2D eigenvalue weighted by Gasteiger charge is 2.17. The Morgan fingerprint density at radius 2 is 1.62 bits per heavy atom. The molecule has 2 rings (SSSR count). The number of hydrogen-bond acceptors (Lipinski definition) is 5. The summed E-state index contributed by atoms with van der Waals surface area (Å²) in [5.41, 5.74) is 1.20. The van der Waals surface area contributed by atoms with Crippen molar-refractivity contribution in [3.63, 3.8) is 0 Å². The summed E-state index contributed by atoms with van der Waals surface area (Å²) in [4.78, 5) is 1.29. The van der Waals surface area contributed by atoms with Crippen LogP contribution in [0.5, 0.6) is 11.5 Å². The minimum absolute atomic E-state index is 0.171. The number of sulfonamides is 1. The smallest absolute Gasteiger partial charge is 0.240 e. The highest BCUT2D eigenvalue weighted by atomic mass is 32.2. The Morgan fingerprint density at radius 1 is 0.962 bits per heavy atom. The van der Waals surface area contributed by atoms with Crippen molar-refractivity contribution in [1.82, 2.24) is 4.72 Å². The van der Waals surface area contributed by atoms with Crippen LogP contribution in [0.15, 0.2) is 52.3 Å². The topological polar surface area (TPSA) is 64.6 Å². The molecule has 0 aliphatic rings. The van der Waals surface area contributed by atoms with Crippen molar-refractivity contribution in [2.24, 2.45) is 0 Å². The van der Waals surface area contributed by atoms with Crippen molar-refractivity contribution in [1.29, 1.82) is 0 Å². The molecule has 1 N–H and O–H groups in total. The van der Waals surface area contributed by atoms with Gasteiger partial charge in [-0.05, 0) is 45.0 Å². The fourth-order valence-corrected chi connectivity index (χ4v) is 4.21. The van der Waals surface area contributed by atoms with Crippen molar-refractivity contribution in [2.75, 3.05) is 25.5 Å². The van der Waals surface area contributed by atoms with Gasteiger partial charge in [-0.15, -0.1) is 11.8 Å². The lowest BCUT2D eigenvalue weighted by Crippen LogP contribution is -2.26. The number of rotatable bonds is 10. The standard InChI is InChI=1S/C19H25NO4S2/c1-4-23-18-11-10-17(14-19(18)24-5-2)26(21,22)20-12-13-25-16-8-6-15(3)7-9-16/h6-11,14,20H,4-5,12-13H2,1-3H3. The summed E-state index contributed by atoms with van der Waals surface area (Å²) in [5.74, 6) is 1.63. The lowest BCUT2D eigenvalue weighted by Gasteiger charge is -2.13. The van der Waals surface area contributed by atoms with E-state index in [-0.39, 0.29) is 4.90 Å². The summed E-state index contributed by atoms with van der Waals surface area (Å²) in [6.07, 6.45) is 0. The lowest BCUT2D eigenvalue weighted by molar-refractivity contribution is 0.287. The Bertz CT molecular complexity index is 805. The summed E-state index contributed by atoms with van der Waals surface area (Å²) in [5, 5.41) is 0. The predicted octanol–water partition coefficient (Wildman–Crippen LogP) is 3.86. The van der Waals surface area contributed by atoms with Crippen LogP contribution in [-0.4, -0.2) is 33.9 Å². The highest BCUT2D eigenvalue weighted by molar-refractivity contribution is 7.99. The van der Waals surface area contributed by atoms with E-state index in [4.69, 9.17) is 9.47 Å². The first kappa shape index (κ1) is 20.6. The maximum atomic E-state index is 12.5. The van der Waals surface area contributed by atoms with Gasteiger partial charge in [-0.1, -0.05) is 17.7 Å². The van der Waals surface area contributed by atoms with E-state index in [1.54, 1.807) is 17.8 Å². The van der Waals surface area contributed by atoms with Crippen molar-refractivity contribution < 1.29 is 17.9 Å². The molecule has 5 nitrogen and oxygen atoms in total. The van der Waals surface area contributed by atoms with Crippen molar-refractivity contribution in [3.05, 3.63) is 48.0 Å². The molecule has 0 aliphatic heterocycles. The Kier molecular flexibility index (Phi) is 7.81. The van der Waals surface area contributed by atoms with Crippen LogP contribution in [0, 0.1) is 6.92 Å². The van der Waals surface area contributed by atoms with Gasteiger partial charge in [0.1, 0.15) is 0 Å². The number of benzene rings is 2. The second-order valence-electron chi connectivity index (χ2n) is 5.53. The van der Waals surface area contributed by atoms with Gasteiger partial charge in [0.05, 0.1) is 18.1 Å². The molecule has 7 heteroatoms. The third-order valence-electron chi connectivity index (χ3n) is 3.51. The first-order chi connectivity index (χ1) is 12.5. The summed E-state index contributed by atoms with van der Waals surface area (Å²) < 4.78 is 38.6. The third-order valence-corrected chi connectivity index (χ3v) is 5.98. The zero-order chi connectivity index (χ0) is 19.0. The first-order valence-corrected chi connectivity index (χ1v) is 11.0. The van der Waals surface area contributed by atoms with Crippen LogP contribution < -0.4 is 14.2 Å². The molecule has 0 radical (unpaired) electrons. The minimum Gasteiger partial charge on any atom is -0.490 e. The molecule has 2 aromatic carbocycles. The number of ether oxygens (including phenoxy) is 2. The quantitative estimate of drug-likeness (QED) is 0.489. The molecule has 0 saturated heterocycles. The molecule has 0 aliphatic carbocycles. The average molecular weight is 396 g/mol. The van der Waals surface area contributed by atoms with Crippen molar-refractivity contribution in [3.8, 4) is 11.5 Å². The Balaban J connectivity index is 1.97. The fraction of sp³-hybridized carbons (Fsp3) is 0.368. The first-order valence-electron chi connectivity index (χ1n) is 8.55. The Labute approximate surface area is 160 Å². The van der Waals surface area contributed by atoms with Crippen molar-refractivity contribution >= 4 is 21.8 Å². The van der Waals surface area contributed by atoms with Crippen molar-refractivity contribution in [2.45, 2.75) is 30.6 Å². The molecule has 0 saturated carbocycles. The summed E-state index contributed by atoms with van der Waals surface area (Å²) in [6.45, 7) is 7.02. The van der Waals surface area contributed by atoms with E-state index < -0.39 is 10.0 Å². The Hall–Kier alpha value is -1.70. The molecule has 0 fully saturated rings. The van der Waals surface area contributed by atoms with E-state index in [0.29, 0.717) is 37.0 Å². The molecule has 0 unspecified atom stereocenters. The van der Waals surface area contributed by atoms with E-state index in [9.17, 15) is 8.42 Å². The zero-order valence-corrected chi connectivity index (χ0v) is 17.0. The minimum atomic E-state index is -3.59. The normalized spacial score (nSPS) is 11.3. The molecule has 0 aromatic heterocycles. The molecule has 26 heavy (non-hydrogen) atoms. The van der Waals surface area contributed by atoms with Crippen LogP contribution in [0.1, 0.15) is 19.4 Å². The summed E-state index contributed by atoms with van der Waals surface area (Å²) in [6, 6.07) is 12.8. The highest BCUT2D eigenvalue weighted by Crippen LogP contribution is 2.30. The molecule has 142 valence electrons. The van der Waals surface area contributed by atoms with Gasteiger partial charge in [0, 0.05) is 23.3 Å². The molecule has 0 atom stereocenters. The van der Waals surface area contributed by atoms with Gasteiger partial charge in [-0.25, -0.2) is 13.1 Å². The van der Waals surface area contributed by atoms with Gasteiger partial charge in [-0.2, -0.15) is 0 Å². The van der Waals surface area contributed by atoms with Crippen LogP contribution in [-0.2, 0) is 10.0 Å². The monoisotopic (exact) mass is 395 g/mol. The van der Waals surface area contributed by atoms with E-state index in [1.165, 1.54) is 17.7 Å². The van der Waals surface area contributed by atoms with Gasteiger partial charge in [-0.3, -0.25) is 0 Å². The van der Waals surface area contributed by atoms with Crippen LogP contribution in [0.2, 0.25) is 0 Å². The van der Waals surface area contributed by atoms with Gasteiger partial charge in [0.25, 0.3) is 0 Å². The SMILES string of the molecule is CCOc1ccc(S(=O)(=O)NCCSc2ccc(C)cc2)cc1OCC. The summed E-state index contributed by atoms with van der Waals surface area (Å²) >= 11 is 1.61. The maximum absolute atomic E-state index is 12.5. The number of hydrogen-bond donors (Lipinski definition) is 1.